The van der Waals surface area contributed by atoms with Gasteiger partial charge in [-0.15, -0.1) is 6.42 Å². The molecule has 3 amide bonds. The van der Waals surface area contributed by atoms with Crippen molar-refractivity contribution in [2.75, 3.05) is 42.5 Å². The number of methoxy groups -OCH3 is 3. The van der Waals surface area contributed by atoms with Crippen molar-refractivity contribution in [3.05, 3.63) is 137 Å². The van der Waals surface area contributed by atoms with Crippen LogP contribution >= 0.6 is 49.9 Å². The van der Waals surface area contributed by atoms with Crippen molar-refractivity contribution < 1.29 is 42.8 Å². The normalized spacial score (nSPS) is 12.3. The van der Waals surface area contributed by atoms with Gasteiger partial charge >= 0.3 is 101 Å². The first kappa shape index (κ1) is 83.2. The van der Waals surface area contributed by atoms with Crippen molar-refractivity contribution in [2.45, 2.75) is 179 Å². The zero-order valence-electron chi connectivity index (χ0n) is 64.6. The molecule has 3 aliphatic rings. The fraction of sp³-hybridized carbons (Fsp3) is 0.415. The predicted octanol–water partition coefficient (Wildman–Crippen LogP) is 19.3. The van der Waals surface area contributed by atoms with Crippen LogP contribution in [0.2, 0.25) is 13.3 Å². The van der Waals surface area contributed by atoms with E-state index in [1.165, 1.54) is 51.8 Å². The fourth-order valence-corrected chi connectivity index (χ4v) is 27.0. The van der Waals surface area contributed by atoms with Gasteiger partial charge in [0, 0.05) is 111 Å². The van der Waals surface area contributed by atoms with Crippen LogP contribution in [0.3, 0.4) is 0 Å². The molecule has 26 heteroatoms. The monoisotopic (exact) mass is 1690 g/mol. The number of ether oxygens (including phenoxy) is 6. The number of unbranched alkanes of at least 4 members (excludes halogenated alkanes) is 3. The first-order chi connectivity index (χ1) is 51.0. The smallest absolute Gasteiger partial charge is 0.274 e. The van der Waals surface area contributed by atoms with Gasteiger partial charge in [0.1, 0.15) is 60.0 Å². The molecule has 572 valence electrons. The van der Waals surface area contributed by atoms with Crippen molar-refractivity contribution in [2.24, 2.45) is 0 Å². The summed E-state index contributed by atoms with van der Waals surface area (Å²) in [6.07, 6.45) is 21.3. The van der Waals surface area contributed by atoms with Gasteiger partial charge in [-0.1, -0.05) is 13.3 Å². The molecule has 0 saturated carbocycles. The molecule has 13 rings (SSSR count). The van der Waals surface area contributed by atoms with Crippen LogP contribution in [0.5, 0.6) is 34.5 Å². The van der Waals surface area contributed by atoms with Crippen molar-refractivity contribution in [1.82, 2.24) is 59.5 Å². The van der Waals surface area contributed by atoms with E-state index < -0.39 is 18.4 Å². The number of nitrogens with one attached hydrogen (secondary N) is 1. The number of thiophene rings is 3. The number of benzene rings is 3. The van der Waals surface area contributed by atoms with Crippen LogP contribution in [0.1, 0.15) is 183 Å². The Hall–Kier alpha value is -8.86. The van der Waals surface area contributed by atoms with E-state index in [1.807, 2.05) is 157 Å². The van der Waals surface area contributed by atoms with Crippen LogP contribution in [0, 0.1) is 22.7 Å². The van der Waals surface area contributed by atoms with Crippen molar-refractivity contribution in [3.63, 3.8) is 0 Å². The van der Waals surface area contributed by atoms with Gasteiger partial charge in [0.2, 0.25) is 0 Å². The van der Waals surface area contributed by atoms with Gasteiger partial charge in [-0.3, -0.25) is 14.4 Å². The molecule has 0 saturated heterocycles. The number of halogens is 1. The van der Waals surface area contributed by atoms with Gasteiger partial charge in [-0.05, 0) is 131 Å². The van der Waals surface area contributed by atoms with E-state index in [0.717, 1.165) is 77.6 Å². The quantitative estimate of drug-likeness (QED) is 0.0590. The number of carbonyl (C=O) groups is 3. The molecule has 0 bridgehead atoms. The Bertz CT molecular complexity index is 4850. The summed E-state index contributed by atoms with van der Waals surface area (Å²) >= 11 is 6.20. The molecular formula is C82H101BrN12O9S3Sn. The Morgan fingerprint density at radius 1 is 0.556 bits per heavy atom. The van der Waals surface area contributed by atoms with E-state index in [9.17, 15) is 14.4 Å². The first-order valence-electron chi connectivity index (χ1n) is 35.8. The van der Waals surface area contributed by atoms with Gasteiger partial charge in [0.15, 0.2) is 17.1 Å². The van der Waals surface area contributed by atoms with E-state index >= 15 is 0 Å². The van der Waals surface area contributed by atoms with Gasteiger partial charge in [0.25, 0.3) is 17.7 Å². The summed E-state index contributed by atoms with van der Waals surface area (Å²) in [5.41, 5.74) is 12.2. The van der Waals surface area contributed by atoms with Gasteiger partial charge < -0.3 is 43.1 Å². The minimum atomic E-state index is -2.09. The molecule has 3 aromatic carbocycles. The maximum Gasteiger partial charge on any atom is 0.274 e. The Labute approximate surface area is 660 Å². The molecule has 0 atom stereocenters. The number of fused-ring (bicyclic) bond motifs is 9. The summed E-state index contributed by atoms with van der Waals surface area (Å²) in [6, 6.07) is 17.2. The maximum atomic E-state index is 13.5. The summed E-state index contributed by atoms with van der Waals surface area (Å²) in [5, 5.41) is 37.0. The number of amides is 3. The zero-order valence-corrected chi connectivity index (χ0v) is 71.5. The number of nitrogens with zero attached hydrogens (tertiary/aromatic N) is 11. The van der Waals surface area contributed by atoms with Crippen LogP contribution in [-0.2, 0) is 19.8 Å². The van der Waals surface area contributed by atoms with Crippen molar-refractivity contribution in [1.29, 1.82) is 0 Å². The number of aromatic nitrogens is 9. The van der Waals surface area contributed by atoms with Gasteiger partial charge in [-0.2, -0.15) is 64.7 Å². The second-order valence-corrected chi connectivity index (χ2v) is 45.1. The molecule has 10 heterocycles. The molecule has 108 heavy (non-hydrogen) atoms. The van der Waals surface area contributed by atoms with Crippen LogP contribution in [-0.4, -0.2) is 155 Å². The number of hydrogen-bond donors (Lipinski definition) is 1. The number of hydrogen-bond acceptors (Lipinski definition) is 17. The second-order valence-electron chi connectivity index (χ2n) is 29.5. The summed E-state index contributed by atoms with van der Waals surface area (Å²) in [4.78, 5) is 45.2. The Balaban J connectivity index is 0.000000171. The maximum absolute atomic E-state index is 13.5. The van der Waals surface area contributed by atoms with Crippen LogP contribution in [0.25, 0.3) is 62.1 Å². The minimum absolute atomic E-state index is 0. The average Bonchev–Trinajstić information content (AvgIpc) is 1.58. The van der Waals surface area contributed by atoms with Gasteiger partial charge in [0.05, 0.1) is 71.7 Å². The van der Waals surface area contributed by atoms with E-state index in [-0.39, 0.29) is 61.6 Å². The largest absolute Gasteiger partial charge is 0.496 e. The average molecular weight is 1690 g/mol. The third kappa shape index (κ3) is 17.6. The van der Waals surface area contributed by atoms with Crippen molar-refractivity contribution in [3.8, 4) is 119 Å². The molecule has 0 spiro atoms. The predicted molar refractivity (Wildman–Crippen MR) is 440 cm³/mol. The number of aromatic amines is 1. The topological polar surface area (TPSA) is 211 Å². The number of terminal acetylenes is 2. The van der Waals surface area contributed by atoms with E-state index in [4.69, 9.17) is 56.6 Å². The molecule has 7 aromatic heterocycles. The van der Waals surface area contributed by atoms with E-state index in [0.29, 0.717) is 62.8 Å². The fourth-order valence-electron chi connectivity index (χ4n) is 12.5. The third-order valence-electron chi connectivity index (χ3n) is 19.7. The molecule has 0 radical (unpaired) electrons. The zero-order chi connectivity index (χ0) is 77.4. The summed E-state index contributed by atoms with van der Waals surface area (Å²) in [7, 11) is 10.2. The summed E-state index contributed by atoms with van der Waals surface area (Å²) in [5.74, 6) is 6.15. The molecule has 0 unspecified atom stereocenters. The van der Waals surface area contributed by atoms with Crippen molar-refractivity contribution >= 4 is 86.0 Å². The van der Waals surface area contributed by atoms with E-state index in [1.54, 1.807) is 103 Å². The van der Waals surface area contributed by atoms with Crippen LogP contribution in [0.15, 0.2) is 97.5 Å². The number of rotatable bonds is 19. The second kappa shape index (κ2) is 35.2. The van der Waals surface area contributed by atoms with Crippen LogP contribution in [0.4, 0.5) is 0 Å². The molecule has 10 aromatic rings. The third-order valence-corrected chi connectivity index (χ3v) is 35.3. The Morgan fingerprint density at radius 2 is 0.917 bits per heavy atom. The molecule has 0 aliphatic carbocycles. The molecule has 0 fully saturated rings. The molecule has 21 nitrogen and oxygen atoms in total. The summed E-state index contributed by atoms with van der Waals surface area (Å²) < 4.78 is 48.5. The molecule has 1 N–H and O–H groups in total. The number of H-pyrrole nitrogens is 1. The molecular weight excluding hydrogens is 1590 g/mol. The molecule has 3 aliphatic heterocycles. The number of carbonyl (C=O) groups excluding carboxylic acids is 3. The standard InChI is InChI=1S/C23H24N6O3S.C23H23N3O3S.C21H22BrN3O3S.3C4H9.C2H.CH4.Sn/c1-23(2,3)28(4)22(30)20-16-11-32-19-9-18(31-5)14(17-10-24-27-25-17)8-15(19)21(16)29(26-20)13-6-7-33-12-13;1-7-14-10-16-19(11-18(14)28-6)29-12-17-20(22(27)25(5)23(2,3)4)24-26(21(16)17)15-8-9-30-13-15;1-21(2,3)24(4)20(26)18-14-10-28-16-9-17(27-5)15(22)8-13(16)19(14)25(23-18)12-6-7-29-11-12;3*1-3-4-2;1-2;;/h6-10,12H,11H2,1-5H3,(H,24,25,27);1,8-11,13H,12H2,2-6H3;6-9,11H,10H2,1-5H3;3*1,3-4H2,2H3;1H;1H4;. The Kier molecular flexibility index (Phi) is 27.1. The summed E-state index contributed by atoms with van der Waals surface area (Å²) in [6.45, 7) is 25.6. The first-order valence-corrected chi connectivity index (χ1v) is 46.9. The van der Waals surface area contributed by atoms with Crippen LogP contribution < -0.4 is 28.4 Å². The van der Waals surface area contributed by atoms with E-state index in [2.05, 4.69) is 62.0 Å². The van der Waals surface area contributed by atoms with Gasteiger partial charge in [-0.25, -0.2) is 14.0 Å². The minimum Gasteiger partial charge on any atom is -0.496 e. The Morgan fingerprint density at radius 3 is 1.23 bits per heavy atom. The SMILES string of the molecule is C.C#Cc1cc2c(cc1OC)OCc1c(C(=O)N(C)C(C)(C)C)nn(-c3ccsc3)c1-2.C#[C][Sn]([CH2]CCC)([CH2]CCC)[CH2]CCC.COc1cc2c(cc1-c1cn[nH]n1)-c1c(c(C(=O)N(C)C(C)(C)C)nn1-c1ccsc1)CO2.COc1cc2c(cc1Br)-c1c(c(C(=O)N(C)C(C)(C)C)nn1-c1ccsc1)CO2.